The van der Waals surface area contributed by atoms with Crippen molar-refractivity contribution in [1.82, 2.24) is 25.0 Å². The van der Waals surface area contributed by atoms with Crippen LogP contribution in [0.15, 0.2) is 35.6 Å². The molecule has 74 heavy (non-hydrogen) atoms. The number of aryl methyl sites for hydroxylation is 2. The Balaban J connectivity index is 1.48. The molecule has 3 aliphatic rings. The van der Waals surface area contributed by atoms with Crippen molar-refractivity contribution >= 4 is 17.4 Å². The third kappa shape index (κ3) is 15.0. The van der Waals surface area contributed by atoms with Crippen LogP contribution in [0.5, 0.6) is 0 Å². The summed E-state index contributed by atoms with van der Waals surface area (Å²) in [5, 5.41) is 86.1. The number of hydrogen-bond acceptors (Lipinski definition) is 21. The summed E-state index contributed by atoms with van der Waals surface area (Å²) in [6, 6.07) is 5.91. The SMILES string of the molecule is CC[C@H]1OC(=O)[C@H](C)[C@@H](O[C@H]2C[C@@](C)(OC)[C@@H](O)[C@H](C)O2)[C@H](C)[C@@H](O[C@@H]2O[C@H](C)C[C@H](N(C)CCc3cn(CCc4ccc([N+](=O)[O-])cc4)nn3)[C@H]2O)[C@](C)(O)C[C@@H](C)C(=NOCON(C)C)[C@H](C)[C@@H](O)[C@]1(C)O. The topological polar surface area (TPSA) is 285 Å². The second kappa shape index (κ2) is 26.0. The second-order valence-corrected chi connectivity index (χ2v) is 21.7. The number of aromatic nitrogens is 3. The van der Waals surface area contributed by atoms with E-state index < -0.39 is 119 Å². The van der Waals surface area contributed by atoms with E-state index in [0.717, 1.165) is 11.3 Å². The average molecular weight is 1050 g/mol. The van der Waals surface area contributed by atoms with Gasteiger partial charge in [-0.25, -0.2) is 0 Å². The molecule has 5 rings (SSSR count). The molecule has 3 fully saturated rings. The van der Waals surface area contributed by atoms with Crippen molar-refractivity contribution in [3.8, 4) is 0 Å². The number of ether oxygens (including phenoxy) is 6. The van der Waals surface area contributed by atoms with E-state index in [1.165, 1.54) is 31.2 Å². The number of nitro groups is 1. The zero-order valence-electron chi connectivity index (χ0n) is 45.8. The minimum absolute atomic E-state index is 0.0266. The number of carbonyl (C=O) groups is 1. The number of nitrogens with zero attached hydrogens (tertiary/aromatic N) is 7. The van der Waals surface area contributed by atoms with Gasteiger partial charge in [-0.05, 0) is 79.8 Å². The first-order valence-corrected chi connectivity index (χ1v) is 25.8. The van der Waals surface area contributed by atoms with E-state index in [-0.39, 0.29) is 37.5 Å². The number of esters is 1. The number of nitro benzene ring substituents is 1. The summed E-state index contributed by atoms with van der Waals surface area (Å²) >= 11 is 0. The van der Waals surface area contributed by atoms with E-state index >= 15 is 0 Å². The quantitative estimate of drug-likeness (QED) is 0.0470. The van der Waals surface area contributed by atoms with Crippen LogP contribution < -0.4 is 0 Å². The van der Waals surface area contributed by atoms with E-state index in [1.807, 2.05) is 25.1 Å². The highest BCUT2D eigenvalue weighted by Gasteiger charge is 2.53. The maximum absolute atomic E-state index is 14.6. The Morgan fingerprint density at radius 2 is 1.62 bits per heavy atom. The number of likely N-dealkylation sites (N-methyl/N-ethyl adjacent to an activating group) is 1. The minimum Gasteiger partial charge on any atom is -0.459 e. The Morgan fingerprint density at radius 3 is 2.24 bits per heavy atom. The lowest BCUT2D eigenvalue weighted by Gasteiger charge is -2.49. The molecule has 0 aliphatic carbocycles. The van der Waals surface area contributed by atoms with E-state index in [1.54, 1.807) is 86.3 Å². The van der Waals surface area contributed by atoms with Gasteiger partial charge in [0.05, 0.1) is 64.0 Å². The lowest BCUT2D eigenvalue weighted by molar-refractivity contribution is -0.384. The van der Waals surface area contributed by atoms with Gasteiger partial charge in [0.1, 0.15) is 23.9 Å². The largest absolute Gasteiger partial charge is 0.459 e. The van der Waals surface area contributed by atoms with Gasteiger partial charge in [-0.1, -0.05) is 50.2 Å². The van der Waals surface area contributed by atoms with Gasteiger partial charge in [0, 0.05) is 89.3 Å². The highest BCUT2D eigenvalue weighted by molar-refractivity contribution is 5.88. The molecule has 1 aromatic heterocycles. The van der Waals surface area contributed by atoms with Crippen molar-refractivity contribution in [3.05, 3.63) is 51.8 Å². The third-order valence-corrected chi connectivity index (χ3v) is 15.4. The zero-order chi connectivity index (χ0) is 55.0. The van der Waals surface area contributed by atoms with E-state index in [4.69, 9.17) is 38.1 Å². The van der Waals surface area contributed by atoms with Crippen molar-refractivity contribution in [3.63, 3.8) is 0 Å². The molecule has 2 aromatic rings. The summed E-state index contributed by atoms with van der Waals surface area (Å²) in [6.07, 6.45) is -7.50. The van der Waals surface area contributed by atoms with Gasteiger partial charge in [0.2, 0.25) is 6.79 Å². The van der Waals surface area contributed by atoms with Crippen LogP contribution >= 0.6 is 0 Å². The molecule has 0 radical (unpaired) electrons. The summed E-state index contributed by atoms with van der Waals surface area (Å²) in [4.78, 5) is 38.3. The number of aliphatic hydroxyl groups is 5. The molecule has 23 heteroatoms. The Kier molecular flexibility index (Phi) is 21.5. The van der Waals surface area contributed by atoms with Gasteiger partial charge in [-0.3, -0.25) is 24.4 Å². The molecular weight excluding hydrogens is 967 g/mol. The molecule has 4 heterocycles. The van der Waals surface area contributed by atoms with Gasteiger partial charge in [-0.15, -0.1) is 5.10 Å². The monoisotopic (exact) mass is 1050 g/mol. The van der Waals surface area contributed by atoms with Crippen molar-refractivity contribution in [2.75, 3.05) is 41.6 Å². The first-order valence-electron chi connectivity index (χ1n) is 25.8. The summed E-state index contributed by atoms with van der Waals surface area (Å²) in [7, 11) is 6.72. The minimum atomic E-state index is -2.01. The van der Waals surface area contributed by atoms with Crippen LogP contribution in [0.1, 0.15) is 106 Å². The smallest absolute Gasteiger partial charge is 0.311 e. The molecule has 5 N–H and O–H groups in total. The Labute approximate surface area is 435 Å². The predicted octanol–water partition coefficient (Wildman–Crippen LogP) is 3.40. The normalized spacial score (nSPS) is 38.5. The molecule has 0 saturated carbocycles. The number of hydroxylamine groups is 2. The van der Waals surface area contributed by atoms with Crippen LogP contribution in [-0.4, -0.2) is 193 Å². The third-order valence-electron chi connectivity index (χ3n) is 15.4. The van der Waals surface area contributed by atoms with E-state index in [0.29, 0.717) is 32.4 Å². The van der Waals surface area contributed by atoms with Gasteiger partial charge in [0.15, 0.2) is 12.6 Å². The van der Waals surface area contributed by atoms with Crippen LogP contribution in [0.4, 0.5) is 5.69 Å². The lowest BCUT2D eigenvalue weighted by Crippen LogP contribution is -2.61. The van der Waals surface area contributed by atoms with Crippen molar-refractivity contribution in [1.29, 1.82) is 0 Å². The Bertz CT molecular complexity index is 2130. The molecule has 18 atom stereocenters. The summed E-state index contributed by atoms with van der Waals surface area (Å²) in [5.41, 5.74) is -3.01. The maximum atomic E-state index is 14.6. The number of carbonyl (C=O) groups excluding carboxylic acids is 1. The number of cyclic esters (lactones) is 1. The summed E-state index contributed by atoms with van der Waals surface area (Å²) in [5.74, 6) is -4.40. The molecule has 0 amide bonds. The fraction of sp³-hybridized carbons (Fsp3) is 0.804. The number of benzene rings is 1. The molecule has 3 aliphatic heterocycles. The van der Waals surface area contributed by atoms with E-state index in [9.17, 15) is 40.4 Å². The number of non-ortho nitro benzene ring substituents is 1. The van der Waals surface area contributed by atoms with Crippen molar-refractivity contribution < 1.29 is 73.3 Å². The number of methoxy groups -OCH3 is 1. The van der Waals surface area contributed by atoms with Crippen LogP contribution in [0, 0.1) is 33.8 Å². The Hall–Kier alpha value is -3.82. The highest BCUT2D eigenvalue weighted by atomic mass is 16.8. The first-order chi connectivity index (χ1) is 34.6. The van der Waals surface area contributed by atoms with Gasteiger partial charge < -0.3 is 63.7 Å². The predicted molar refractivity (Wildman–Crippen MR) is 269 cm³/mol. The molecule has 1 aromatic carbocycles. The van der Waals surface area contributed by atoms with Crippen LogP contribution in [0.25, 0.3) is 0 Å². The molecule has 3 saturated heterocycles. The van der Waals surface area contributed by atoms with Crippen LogP contribution in [-0.2, 0) is 62.3 Å². The molecule has 23 nitrogen and oxygen atoms in total. The summed E-state index contributed by atoms with van der Waals surface area (Å²) in [6.45, 7) is 17.5. The van der Waals surface area contributed by atoms with Crippen LogP contribution in [0.3, 0.4) is 0 Å². The molecular formula is C51H85N7O16. The maximum Gasteiger partial charge on any atom is 0.311 e. The molecule has 0 bridgehead atoms. The zero-order valence-corrected chi connectivity index (χ0v) is 45.8. The fourth-order valence-electron chi connectivity index (χ4n) is 10.8. The highest BCUT2D eigenvalue weighted by Crippen LogP contribution is 2.41. The van der Waals surface area contributed by atoms with Gasteiger partial charge in [-0.2, -0.15) is 5.06 Å². The molecule has 420 valence electrons. The lowest BCUT2D eigenvalue weighted by atomic mass is 9.73. The van der Waals surface area contributed by atoms with E-state index in [2.05, 4.69) is 15.5 Å². The second-order valence-electron chi connectivity index (χ2n) is 21.7. The Morgan fingerprint density at radius 1 is 0.946 bits per heavy atom. The number of aliphatic hydroxyl groups excluding tert-OH is 3. The first kappa shape index (κ1) is 61.0. The molecule has 0 spiro atoms. The number of oxime groups is 1. The van der Waals surface area contributed by atoms with Crippen molar-refractivity contribution in [2.45, 2.75) is 199 Å². The summed E-state index contributed by atoms with van der Waals surface area (Å²) < 4.78 is 40.0. The average Bonchev–Trinajstić information content (AvgIpc) is 3.81. The number of rotatable bonds is 18. The number of hydrogen-bond donors (Lipinski definition) is 5. The van der Waals surface area contributed by atoms with Crippen LogP contribution in [0.2, 0.25) is 0 Å². The van der Waals surface area contributed by atoms with Gasteiger partial charge >= 0.3 is 5.97 Å². The fourth-order valence-corrected chi connectivity index (χ4v) is 10.8. The van der Waals surface area contributed by atoms with Crippen molar-refractivity contribution in [2.24, 2.45) is 28.8 Å². The van der Waals surface area contributed by atoms with Gasteiger partial charge in [0.25, 0.3) is 5.69 Å². The molecule has 0 unspecified atom stereocenters. The standard InChI is InChI=1S/C51H85N7O16/c1-15-39-51(10,64)44(60)31(4)41(53-68-28-69-55(11)12)29(2)25-49(8,63)46(32(5)43(33(6)47(62)72-39)73-40-26-50(9,67-14)45(61)34(7)71-40)74-48-42(59)38(24-30(3)70-48)56(13)22-21-36-27-57(54-52-36)23-20-35-16-18-37(19-17-35)58(65)66/h16-19,27,29-34,38-40,42-46,48,59-61,63-64H,15,20-26,28H2,1-14H3/t29-,30-,31+,32+,33-,34+,38+,39-,40+,42-,43+,44-,45+,46-,48+,49-,50-,51-/m1/s1.